The van der Waals surface area contributed by atoms with Crippen LogP contribution in [0.25, 0.3) is 11.0 Å². The Kier molecular flexibility index (Phi) is 4.43. The van der Waals surface area contributed by atoms with Crippen molar-refractivity contribution >= 4 is 28.6 Å². The van der Waals surface area contributed by atoms with E-state index in [0.29, 0.717) is 23.6 Å². The van der Waals surface area contributed by atoms with Crippen LogP contribution >= 0.6 is 0 Å². The minimum absolute atomic E-state index is 0.300. The number of rotatable bonds is 5. The van der Waals surface area contributed by atoms with Crippen molar-refractivity contribution in [2.45, 2.75) is 19.9 Å². The van der Waals surface area contributed by atoms with Crippen molar-refractivity contribution < 1.29 is 14.4 Å². The zero-order valence-corrected chi connectivity index (χ0v) is 13.1. The molecule has 2 aromatic carbocycles. The molecule has 0 saturated carbocycles. The number of hydrogen-bond acceptors (Lipinski definition) is 4. The summed E-state index contributed by atoms with van der Waals surface area (Å²) in [6, 6.07) is 11.1. The first kappa shape index (κ1) is 15.9. The molecule has 6 nitrogen and oxygen atoms in total. The molecule has 3 N–H and O–H groups in total. The fraction of sp³-hybridized carbons (Fsp3) is 0.176. The molecule has 1 heterocycles. The van der Waals surface area contributed by atoms with Crippen LogP contribution in [0, 0.1) is 5.82 Å². The minimum Gasteiger partial charge on any atom is -0.326 e. The molecule has 0 unspecified atom stereocenters. The third-order valence-electron chi connectivity index (χ3n) is 3.66. The predicted octanol–water partition coefficient (Wildman–Crippen LogP) is 3.45. The van der Waals surface area contributed by atoms with Crippen molar-refractivity contribution in [3.05, 3.63) is 53.8 Å². The van der Waals surface area contributed by atoms with Gasteiger partial charge in [0.25, 0.3) is 5.91 Å². The molecular formula is C17H17FN4O2. The monoisotopic (exact) mass is 328 g/mol. The summed E-state index contributed by atoms with van der Waals surface area (Å²) in [7, 11) is 0. The quantitative estimate of drug-likeness (QED) is 0.495. The Balaban J connectivity index is 1.94. The van der Waals surface area contributed by atoms with Crippen LogP contribution in [0.4, 0.5) is 16.0 Å². The molecule has 0 radical (unpaired) electrons. The highest BCUT2D eigenvalue weighted by Crippen LogP contribution is 2.24. The number of aryl methyl sites for hydroxylation is 1. The van der Waals surface area contributed by atoms with Gasteiger partial charge in [0, 0.05) is 17.8 Å². The lowest BCUT2D eigenvalue weighted by Crippen LogP contribution is -2.18. The van der Waals surface area contributed by atoms with Gasteiger partial charge in [-0.1, -0.05) is 6.92 Å². The summed E-state index contributed by atoms with van der Waals surface area (Å²) < 4.78 is 15.5. The molecule has 1 aromatic heterocycles. The molecule has 0 aliphatic carbocycles. The number of carbonyl (C=O) groups excluding carboxylic acids is 1. The molecule has 0 spiro atoms. The van der Waals surface area contributed by atoms with Gasteiger partial charge in [-0.05, 0) is 48.9 Å². The summed E-state index contributed by atoms with van der Waals surface area (Å²) in [5, 5.41) is 11.8. The second-order valence-electron chi connectivity index (χ2n) is 5.36. The van der Waals surface area contributed by atoms with Crippen LogP contribution in [0.5, 0.6) is 0 Å². The number of aromatic nitrogens is 2. The first-order valence-corrected chi connectivity index (χ1v) is 7.59. The highest BCUT2D eigenvalue weighted by atomic mass is 19.1. The van der Waals surface area contributed by atoms with Gasteiger partial charge in [0.05, 0.1) is 11.0 Å². The van der Waals surface area contributed by atoms with Gasteiger partial charge in [0.15, 0.2) is 0 Å². The van der Waals surface area contributed by atoms with E-state index in [1.54, 1.807) is 35.8 Å². The van der Waals surface area contributed by atoms with Gasteiger partial charge in [-0.3, -0.25) is 10.0 Å². The van der Waals surface area contributed by atoms with E-state index >= 15 is 0 Å². The van der Waals surface area contributed by atoms with Crippen LogP contribution < -0.4 is 10.8 Å². The number of amides is 1. The number of hydroxylamine groups is 1. The molecule has 0 fully saturated rings. The van der Waals surface area contributed by atoms with Gasteiger partial charge >= 0.3 is 0 Å². The van der Waals surface area contributed by atoms with Gasteiger partial charge in [-0.2, -0.15) is 0 Å². The molecule has 0 saturated heterocycles. The maximum Gasteiger partial charge on any atom is 0.274 e. The van der Waals surface area contributed by atoms with E-state index in [2.05, 4.69) is 10.3 Å². The van der Waals surface area contributed by atoms with Crippen molar-refractivity contribution in [3.8, 4) is 0 Å². The van der Waals surface area contributed by atoms with Crippen molar-refractivity contribution in [2.24, 2.45) is 0 Å². The van der Waals surface area contributed by atoms with Gasteiger partial charge < -0.3 is 9.88 Å². The molecule has 124 valence electrons. The summed E-state index contributed by atoms with van der Waals surface area (Å²) in [6.07, 6.45) is 0.881. The van der Waals surface area contributed by atoms with Crippen molar-refractivity contribution in [1.82, 2.24) is 15.0 Å². The number of anilines is 2. The zero-order chi connectivity index (χ0) is 17.1. The molecule has 3 rings (SSSR count). The summed E-state index contributed by atoms with van der Waals surface area (Å²) in [5.74, 6) is -0.266. The van der Waals surface area contributed by atoms with Gasteiger partial charge in [-0.15, -0.1) is 0 Å². The van der Waals surface area contributed by atoms with Crippen LogP contribution in [0.15, 0.2) is 42.5 Å². The topological polar surface area (TPSA) is 79.2 Å². The van der Waals surface area contributed by atoms with Gasteiger partial charge in [0.1, 0.15) is 5.82 Å². The molecule has 0 atom stereocenters. The Morgan fingerprint density at radius 1 is 1.25 bits per heavy atom. The van der Waals surface area contributed by atoms with Crippen LogP contribution in [0.2, 0.25) is 0 Å². The highest BCUT2D eigenvalue weighted by Gasteiger charge is 2.12. The SMILES string of the molecule is CCCn1c(Nc2ccc(C(=O)NO)cc2)nc2ccc(F)cc21. The van der Waals surface area contributed by atoms with E-state index in [1.807, 2.05) is 11.5 Å². The van der Waals surface area contributed by atoms with Crippen LogP contribution in [-0.4, -0.2) is 20.7 Å². The summed E-state index contributed by atoms with van der Waals surface area (Å²) in [6.45, 7) is 2.74. The first-order valence-electron chi connectivity index (χ1n) is 7.59. The Bertz CT molecular complexity index is 874. The first-order chi connectivity index (χ1) is 11.6. The molecule has 24 heavy (non-hydrogen) atoms. The van der Waals surface area contributed by atoms with Crippen LogP contribution in [-0.2, 0) is 6.54 Å². The van der Waals surface area contributed by atoms with E-state index in [0.717, 1.165) is 17.6 Å². The maximum atomic E-state index is 13.5. The Morgan fingerprint density at radius 2 is 2.00 bits per heavy atom. The lowest BCUT2D eigenvalue weighted by Gasteiger charge is -2.10. The summed E-state index contributed by atoms with van der Waals surface area (Å²) in [4.78, 5) is 15.8. The van der Waals surface area contributed by atoms with Crippen molar-refractivity contribution in [2.75, 3.05) is 5.32 Å². The number of carbonyl (C=O) groups is 1. The molecule has 0 bridgehead atoms. The lowest BCUT2D eigenvalue weighted by atomic mass is 10.2. The standard InChI is InChI=1S/C17H17FN4O2/c1-2-9-22-15-10-12(18)5-8-14(15)20-17(22)19-13-6-3-11(4-7-13)16(23)21-24/h3-8,10,24H,2,9H2,1H3,(H,19,20)(H,21,23). The van der Waals surface area contributed by atoms with E-state index in [4.69, 9.17) is 5.21 Å². The fourth-order valence-corrected chi connectivity index (χ4v) is 2.54. The number of benzene rings is 2. The molecule has 1 amide bonds. The van der Waals surface area contributed by atoms with E-state index in [9.17, 15) is 9.18 Å². The van der Waals surface area contributed by atoms with Gasteiger partial charge in [-0.25, -0.2) is 14.9 Å². The highest BCUT2D eigenvalue weighted by molar-refractivity contribution is 5.93. The van der Waals surface area contributed by atoms with Crippen molar-refractivity contribution in [1.29, 1.82) is 0 Å². The smallest absolute Gasteiger partial charge is 0.274 e. The van der Waals surface area contributed by atoms with E-state index in [1.165, 1.54) is 12.1 Å². The Labute approximate surface area is 137 Å². The number of nitrogens with one attached hydrogen (secondary N) is 2. The van der Waals surface area contributed by atoms with E-state index in [-0.39, 0.29) is 5.82 Å². The Hall–Kier alpha value is -2.93. The zero-order valence-electron chi connectivity index (χ0n) is 13.1. The predicted molar refractivity (Wildman–Crippen MR) is 89.0 cm³/mol. The summed E-state index contributed by atoms with van der Waals surface area (Å²) >= 11 is 0. The van der Waals surface area contributed by atoms with Crippen molar-refractivity contribution in [3.63, 3.8) is 0 Å². The number of halogens is 1. The van der Waals surface area contributed by atoms with Gasteiger partial charge in [0.2, 0.25) is 5.95 Å². The number of hydrogen-bond donors (Lipinski definition) is 3. The number of fused-ring (bicyclic) bond motifs is 1. The fourth-order valence-electron chi connectivity index (χ4n) is 2.54. The van der Waals surface area contributed by atoms with E-state index < -0.39 is 5.91 Å². The number of imidazole rings is 1. The molecule has 3 aromatic rings. The third kappa shape index (κ3) is 3.07. The second kappa shape index (κ2) is 6.67. The number of nitrogens with zero attached hydrogens (tertiary/aromatic N) is 2. The van der Waals surface area contributed by atoms with Crippen LogP contribution in [0.1, 0.15) is 23.7 Å². The Morgan fingerprint density at radius 3 is 2.67 bits per heavy atom. The third-order valence-corrected chi connectivity index (χ3v) is 3.66. The minimum atomic E-state index is -0.574. The normalized spacial score (nSPS) is 10.8. The molecular weight excluding hydrogens is 311 g/mol. The molecule has 0 aliphatic rings. The van der Waals surface area contributed by atoms with Crippen LogP contribution in [0.3, 0.4) is 0 Å². The average Bonchev–Trinajstić information content (AvgIpc) is 2.92. The summed E-state index contributed by atoms with van der Waals surface area (Å²) in [5.41, 5.74) is 4.11. The largest absolute Gasteiger partial charge is 0.326 e. The average molecular weight is 328 g/mol. The lowest BCUT2D eigenvalue weighted by molar-refractivity contribution is 0.0706. The second-order valence-corrected chi connectivity index (χ2v) is 5.36. The molecule has 0 aliphatic heterocycles. The molecule has 7 heteroatoms. The maximum absolute atomic E-state index is 13.5.